The zero-order valence-corrected chi connectivity index (χ0v) is 22.1. The molecule has 0 spiro atoms. The highest BCUT2D eigenvalue weighted by Gasteiger charge is 2.34. The van der Waals surface area contributed by atoms with Gasteiger partial charge in [0, 0.05) is 21.6 Å². The summed E-state index contributed by atoms with van der Waals surface area (Å²) in [7, 11) is -1.47. The molecule has 10 heteroatoms. The standard InChI is InChI=1S/C31H21F3N4O2S/c32-31(33,34)26-14-8-7-13-25(26)27-19-38(37-36-27)23-15-17-24(18-16-23)41(39)20-28-35-29(21-9-3-1-4-10-21)30(40-28)22-11-5-2-6-12-22/h1-19H,20H2. The number of rotatable bonds is 7. The maximum Gasteiger partial charge on any atom is 0.417 e. The molecule has 4 aromatic carbocycles. The van der Waals surface area contributed by atoms with Crippen molar-refractivity contribution in [2.45, 2.75) is 16.8 Å². The summed E-state index contributed by atoms with van der Waals surface area (Å²) in [6, 6.07) is 31.2. The number of hydrogen-bond donors (Lipinski definition) is 0. The van der Waals surface area contributed by atoms with Gasteiger partial charge >= 0.3 is 6.18 Å². The van der Waals surface area contributed by atoms with Crippen LogP contribution in [0.25, 0.3) is 39.5 Å². The zero-order valence-electron chi connectivity index (χ0n) is 21.3. The van der Waals surface area contributed by atoms with Gasteiger partial charge in [-0.2, -0.15) is 13.2 Å². The van der Waals surface area contributed by atoms with Gasteiger partial charge in [-0.25, -0.2) is 9.67 Å². The van der Waals surface area contributed by atoms with Gasteiger partial charge in [-0.1, -0.05) is 84.1 Å². The maximum absolute atomic E-state index is 13.4. The molecule has 0 radical (unpaired) electrons. The van der Waals surface area contributed by atoms with E-state index >= 15 is 0 Å². The van der Waals surface area contributed by atoms with E-state index in [1.54, 1.807) is 24.3 Å². The van der Waals surface area contributed by atoms with Crippen LogP contribution in [0.4, 0.5) is 13.2 Å². The van der Waals surface area contributed by atoms with Crippen LogP contribution >= 0.6 is 0 Å². The lowest BCUT2D eigenvalue weighted by atomic mass is 10.0. The summed E-state index contributed by atoms with van der Waals surface area (Å²) in [5, 5.41) is 7.94. The minimum Gasteiger partial charge on any atom is -0.439 e. The molecule has 41 heavy (non-hydrogen) atoms. The molecule has 6 aromatic rings. The first-order chi connectivity index (χ1) is 19.9. The molecule has 6 rings (SSSR count). The zero-order chi connectivity index (χ0) is 28.4. The SMILES string of the molecule is O=S(Cc1nc(-c2ccccc2)c(-c2ccccc2)o1)c1ccc(-n2cc(-c3ccccc3C(F)(F)F)nn2)cc1. The van der Waals surface area contributed by atoms with Gasteiger partial charge in [-0.05, 0) is 30.3 Å². The van der Waals surface area contributed by atoms with E-state index in [-0.39, 0.29) is 17.0 Å². The van der Waals surface area contributed by atoms with Crippen LogP contribution in [0.15, 0.2) is 125 Å². The fraction of sp³-hybridized carbons (Fsp3) is 0.0645. The van der Waals surface area contributed by atoms with E-state index < -0.39 is 22.5 Å². The lowest BCUT2D eigenvalue weighted by Gasteiger charge is -2.10. The Bertz CT molecular complexity index is 1760. The Morgan fingerprint density at radius 3 is 2.10 bits per heavy atom. The van der Waals surface area contributed by atoms with Crippen molar-refractivity contribution in [2.24, 2.45) is 0 Å². The van der Waals surface area contributed by atoms with Crippen molar-refractivity contribution in [2.75, 3.05) is 0 Å². The Morgan fingerprint density at radius 1 is 0.780 bits per heavy atom. The molecule has 1 atom stereocenters. The smallest absolute Gasteiger partial charge is 0.417 e. The van der Waals surface area contributed by atoms with E-state index in [2.05, 4.69) is 15.3 Å². The van der Waals surface area contributed by atoms with Crippen LogP contribution in [0.2, 0.25) is 0 Å². The fourth-order valence-corrected chi connectivity index (χ4v) is 5.37. The number of aromatic nitrogens is 4. The summed E-state index contributed by atoms with van der Waals surface area (Å²) in [4.78, 5) is 5.22. The Hall–Kier alpha value is -4.83. The third-order valence-electron chi connectivity index (χ3n) is 6.38. The predicted octanol–water partition coefficient (Wildman–Crippen LogP) is 7.58. The van der Waals surface area contributed by atoms with E-state index in [0.717, 1.165) is 17.2 Å². The van der Waals surface area contributed by atoms with Crippen LogP contribution in [0.1, 0.15) is 11.5 Å². The molecular weight excluding hydrogens is 549 g/mol. The summed E-state index contributed by atoms with van der Waals surface area (Å²) in [5.74, 6) is 1.01. The van der Waals surface area contributed by atoms with Gasteiger partial charge < -0.3 is 4.42 Å². The largest absolute Gasteiger partial charge is 0.439 e. The van der Waals surface area contributed by atoms with Crippen LogP contribution in [0.5, 0.6) is 0 Å². The van der Waals surface area contributed by atoms with Crippen LogP contribution in [-0.4, -0.2) is 24.2 Å². The highest BCUT2D eigenvalue weighted by Crippen LogP contribution is 2.36. The summed E-state index contributed by atoms with van der Waals surface area (Å²) < 4.78 is 61.1. The monoisotopic (exact) mass is 570 g/mol. The number of oxazole rings is 1. The van der Waals surface area contributed by atoms with Gasteiger partial charge in [-0.3, -0.25) is 4.21 Å². The van der Waals surface area contributed by atoms with Gasteiger partial charge in [0.05, 0.1) is 28.2 Å². The molecule has 0 aliphatic rings. The number of hydrogen-bond acceptors (Lipinski definition) is 5. The van der Waals surface area contributed by atoms with Gasteiger partial charge in [0.25, 0.3) is 0 Å². The van der Waals surface area contributed by atoms with Crippen molar-refractivity contribution in [3.05, 3.63) is 127 Å². The first-order valence-electron chi connectivity index (χ1n) is 12.5. The van der Waals surface area contributed by atoms with Gasteiger partial charge in [0.2, 0.25) is 5.89 Å². The van der Waals surface area contributed by atoms with E-state index in [1.807, 2.05) is 60.7 Å². The van der Waals surface area contributed by atoms with E-state index in [0.29, 0.717) is 27.9 Å². The van der Waals surface area contributed by atoms with E-state index in [9.17, 15) is 17.4 Å². The molecule has 0 N–H and O–H groups in total. The van der Waals surface area contributed by atoms with Crippen molar-refractivity contribution in [3.8, 4) is 39.5 Å². The topological polar surface area (TPSA) is 73.8 Å². The van der Waals surface area contributed by atoms with Gasteiger partial charge in [0.15, 0.2) is 5.76 Å². The third-order valence-corrected chi connectivity index (χ3v) is 7.68. The molecule has 2 heterocycles. The van der Waals surface area contributed by atoms with Crippen molar-refractivity contribution in [1.82, 2.24) is 20.0 Å². The van der Waals surface area contributed by atoms with Crippen LogP contribution < -0.4 is 0 Å². The van der Waals surface area contributed by atoms with Crippen LogP contribution in [0.3, 0.4) is 0 Å². The molecule has 0 saturated heterocycles. The Morgan fingerprint density at radius 2 is 1.41 bits per heavy atom. The fourth-order valence-electron chi connectivity index (χ4n) is 4.42. The number of benzene rings is 4. The lowest BCUT2D eigenvalue weighted by molar-refractivity contribution is -0.137. The second-order valence-electron chi connectivity index (χ2n) is 9.09. The molecule has 2 aromatic heterocycles. The second kappa shape index (κ2) is 11.0. The summed E-state index contributed by atoms with van der Waals surface area (Å²) in [6.45, 7) is 0. The molecule has 0 saturated carbocycles. The summed E-state index contributed by atoms with van der Waals surface area (Å²) >= 11 is 0. The average molecular weight is 571 g/mol. The normalized spacial score (nSPS) is 12.4. The van der Waals surface area contributed by atoms with Crippen molar-refractivity contribution in [1.29, 1.82) is 0 Å². The summed E-state index contributed by atoms with van der Waals surface area (Å²) in [5.41, 5.74) is 2.25. The Balaban J connectivity index is 1.23. The first-order valence-corrected chi connectivity index (χ1v) is 13.9. The Kier molecular flexibility index (Phi) is 7.07. The first kappa shape index (κ1) is 26.4. The lowest BCUT2D eigenvalue weighted by Crippen LogP contribution is -2.06. The van der Waals surface area contributed by atoms with Crippen molar-refractivity contribution >= 4 is 10.8 Å². The molecule has 6 nitrogen and oxygen atoms in total. The quantitative estimate of drug-likeness (QED) is 0.198. The molecule has 0 amide bonds. The van der Waals surface area contributed by atoms with Crippen molar-refractivity contribution < 1.29 is 21.8 Å². The molecule has 0 fully saturated rings. The predicted molar refractivity (Wildman–Crippen MR) is 149 cm³/mol. The van der Waals surface area contributed by atoms with Crippen LogP contribution in [0, 0.1) is 0 Å². The highest BCUT2D eigenvalue weighted by molar-refractivity contribution is 7.84. The minimum atomic E-state index is -4.52. The third kappa shape index (κ3) is 5.59. The summed E-state index contributed by atoms with van der Waals surface area (Å²) in [6.07, 6.45) is -3.09. The second-order valence-corrected chi connectivity index (χ2v) is 10.5. The highest BCUT2D eigenvalue weighted by atomic mass is 32.2. The van der Waals surface area contributed by atoms with Crippen molar-refractivity contribution in [3.63, 3.8) is 0 Å². The van der Waals surface area contributed by atoms with E-state index in [4.69, 9.17) is 4.42 Å². The maximum atomic E-state index is 13.4. The molecule has 0 aliphatic heterocycles. The number of nitrogens with zero attached hydrogens (tertiary/aromatic N) is 4. The number of alkyl halides is 3. The van der Waals surface area contributed by atoms with Crippen LogP contribution in [-0.2, 0) is 22.7 Å². The van der Waals surface area contributed by atoms with Gasteiger partial charge in [0.1, 0.15) is 17.1 Å². The number of halogens is 3. The molecular formula is C31H21F3N4O2S. The Labute approximate surface area is 235 Å². The van der Waals surface area contributed by atoms with E-state index in [1.165, 1.54) is 29.1 Å². The average Bonchev–Trinajstić information content (AvgIpc) is 3.66. The molecule has 0 aliphatic carbocycles. The molecule has 204 valence electrons. The molecule has 1 unspecified atom stereocenters. The molecule has 0 bridgehead atoms. The minimum absolute atomic E-state index is 0.0559. The van der Waals surface area contributed by atoms with Gasteiger partial charge in [-0.15, -0.1) is 5.10 Å².